The summed E-state index contributed by atoms with van der Waals surface area (Å²) in [5.74, 6) is 0. The first-order valence-electron chi connectivity index (χ1n) is 6.84. The van der Waals surface area contributed by atoms with Crippen LogP contribution in [-0.4, -0.2) is 14.5 Å². The minimum absolute atomic E-state index is 0.0402. The van der Waals surface area contributed by atoms with E-state index in [9.17, 15) is 8.42 Å². The van der Waals surface area contributed by atoms with Crippen LogP contribution in [0.4, 0.5) is 0 Å². The van der Waals surface area contributed by atoms with Crippen LogP contribution >= 0.6 is 11.3 Å². The van der Waals surface area contributed by atoms with E-state index in [1.165, 1.54) is 11.3 Å². The second-order valence-corrected chi connectivity index (χ2v) is 7.78. The predicted molar refractivity (Wildman–Crippen MR) is 80.8 cm³/mol. The van der Waals surface area contributed by atoms with E-state index in [1.807, 2.05) is 0 Å². The maximum Gasteiger partial charge on any atom is 0.250 e. The van der Waals surface area contributed by atoms with Gasteiger partial charge in [0.05, 0.1) is 0 Å². The molecule has 4 nitrogen and oxygen atoms in total. The van der Waals surface area contributed by atoms with Crippen molar-refractivity contribution in [3.8, 4) is 0 Å². The van der Waals surface area contributed by atoms with Crippen LogP contribution in [0.1, 0.15) is 50.8 Å². The molecular formula is C13H24N2O2S2. The number of thiophene rings is 1. The highest BCUT2D eigenvalue weighted by molar-refractivity contribution is 7.91. The number of sulfonamides is 1. The molecule has 0 radical (unpaired) electrons. The molecule has 3 N–H and O–H groups in total. The van der Waals surface area contributed by atoms with Gasteiger partial charge >= 0.3 is 0 Å². The van der Waals surface area contributed by atoms with Crippen molar-refractivity contribution in [3.63, 3.8) is 0 Å². The van der Waals surface area contributed by atoms with Gasteiger partial charge in [0, 0.05) is 17.5 Å². The van der Waals surface area contributed by atoms with Crippen molar-refractivity contribution in [1.29, 1.82) is 0 Å². The molecule has 0 spiro atoms. The Balaban J connectivity index is 2.74. The van der Waals surface area contributed by atoms with E-state index in [1.54, 1.807) is 12.1 Å². The number of unbranched alkanes of at least 4 members (excludes halogenated alkanes) is 1. The average Bonchev–Trinajstić information content (AvgIpc) is 2.85. The van der Waals surface area contributed by atoms with E-state index < -0.39 is 10.0 Å². The van der Waals surface area contributed by atoms with Gasteiger partial charge in [-0.2, -0.15) is 0 Å². The molecule has 0 amide bonds. The summed E-state index contributed by atoms with van der Waals surface area (Å²) >= 11 is 1.25. The fourth-order valence-electron chi connectivity index (χ4n) is 1.95. The fraction of sp³-hybridized carbons (Fsp3) is 0.692. The maximum absolute atomic E-state index is 12.3. The SMILES string of the molecule is CCCCC(CCC)NS(=O)(=O)c1ccc(CN)s1. The van der Waals surface area contributed by atoms with Crippen molar-refractivity contribution < 1.29 is 8.42 Å². The van der Waals surface area contributed by atoms with Gasteiger partial charge in [0.1, 0.15) is 4.21 Å². The molecule has 0 aliphatic rings. The molecule has 1 heterocycles. The topological polar surface area (TPSA) is 72.2 Å². The Morgan fingerprint density at radius 3 is 2.53 bits per heavy atom. The molecule has 0 aromatic carbocycles. The van der Waals surface area contributed by atoms with Gasteiger partial charge in [0.15, 0.2) is 0 Å². The standard InChI is InChI=1S/C13H24N2O2S2/c1-3-5-7-11(6-4-2)15-19(16,17)13-9-8-12(10-14)18-13/h8-9,11,15H,3-7,10,14H2,1-2H3. The van der Waals surface area contributed by atoms with Crippen molar-refractivity contribution in [2.45, 2.75) is 62.7 Å². The van der Waals surface area contributed by atoms with E-state index in [4.69, 9.17) is 5.73 Å². The lowest BCUT2D eigenvalue weighted by Gasteiger charge is -2.17. The molecular weight excluding hydrogens is 280 g/mol. The summed E-state index contributed by atoms with van der Waals surface area (Å²) in [5.41, 5.74) is 5.52. The van der Waals surface area contributed by atoms with Gasteiger partial charge in [0.25, 0.3) is 0 Å². The van der Waals surface area contributed by atoms with Crippen molar-refractivity contribution in [2.75, 3.05) is 0 Å². The van der Waals surface area contributed by atoms with Crippen LogP contribution in [0.15, 0.2) is 16.3 Å². The van der Waals surface area contributed by atoms with Crippen molar-refractivity contribution in [1.82, 2.24) is 4.72 Å². The summed E-state index contributed by atoms with van der Waals surface area (Å²) < 4.78 is 27.7. The Bertz CT molecular complexity index is 469. The zero-order chi connectivity index (χ0) is 14.3. The van der Waals surface area contributed by atoms with Crippen LogP contribution in [0.25, 0.3) is 0 Å². The average molecular weight is 304 g/mol. The van der Waals surface area contributed by atoms with Gasteiger partial charge in [-0.05, 0) is 25.0 Å². The number of rotatable bonds is 9. The zero-order valence-corrected chi connectivity index (χ0v) is 13.3. The first kappa shape index (κ1) is 16.6. The second kappa shape index (κ2) is 7.99. The molecule has 0 fully saturated rings. The number of hydrogen-bond donors (Lipinski definition) is 2. The van der Waals surface area contributed by atoms with Crippen LogP contribution in [0.3, 0.4) is 0 Å². The van der Waals surface area contributed by atoms with Gasteiger partial charge < -0.3 is 5.73 Å². The van der Waals surface area contributed by atoms with E-state index in [0.29, 0.717) is 10.8 Å². The summed E-state index contributed by atoms with van der Waals surface area (Å²) in [6, 6.07) is 3.45. The van der Waals surface area contributed by atoms with E-state index in [2.05, 4.69) is 18.6 Å². The number of nitrogens with two attached hydrogens (primary N) is 1. The van der Waals surface area contributed by atoms with Gasteiger partial charge in [-0.1, -0.05) is 33.1 Å². The van der Waals surface area contributed by atoms with E-state index in [-0.39, 0.29) is 6.04 Å². The summed E-state index contributed by atoms with van der Waals surface area (Å²) in [6.07, 6.45) is 4.90. The lowest BCUT2D eigenvalue weighted by Crippen LogP contribution is -2.34. The predicted octanol–water partition coefficient (Wildman–Crippen LogP) is 2.84. The third kappa shape index (κ3) is 5.22. The molecule has 1 aromatic heterocycles. The molecule has 6 heteroatoms. The summed E-state index contributed by atoms with van der Waals surface area (Å²) in [6.45, 7) is 4.57. The molecule has 0 aliphatic carbocycles. The second-order valence-electron chi connectivity index (χ2n) is 4.67. The van der Waals surface area contributed by atoms with Crippen molar-refractivity contribution in [3.05, 3.63) is 17.0 Å². The van der Waals surface area contributed by atoms with E-state index in [0.717, 1.165) is 37.0 Å². The third-order valence-corrected chi connectivity index (χ3v) is 6.09. The molecule has 110 valence electrons. The number of nitrogens with one attached hydrogen (secondary N) is 1. The summed E-state index contributed by atoms with van der Waals surface area (Å²) in [5, 5.41) is 0. The molecule has 0 saturated carbocycles. The Kier molecular flexibility index (Phi) is 6.99. The maximum atomic E-state index is 12.3. The largest absolute Gasteiger partial charge is 0.326 e. The van der Waals surface area contributed by atoms with Gasteiger partial charge in [-0.3, -0.25) is 0 Å². The van der Waals surface area contributed by atoms with Crippen LogP contribution in [0, 0.1) is 0 Å². The minimum Gasteiger partial charge on any atom is -0.326 e. The highest BCUT2D eigenvalue weighted by Gasteiger charge is 2.20. The molecule has 19 heavy (non-hydrogen) atoms. The molecule has 0 saturated heterocycles. The lowest BCUT2D eigenvalue weighted by molar-refractivity contribution is 0.484. The monoisotopic (exact) mass is 304 g/mol. The van der Waals surface area contributed by atoms with Crippen molar-refractivity contribution in [2.24, 2.45) is 5.73 Å². The van der Waals surface area contributed by atoms with Gasteiger partial charge in [0.2, 0.25) is 10.0 Å². The fourth-order valence-corrected chi connectivity index (χ4v) is 4.51. The highest BCUT2D eigenvalue weighted by atomic mass is 32.2. The van der Waals surface area contributed by atoms with Gasteiger partial charge in [-0.15, -0.1) is 11.3 Å². The molecule has 1 atom stereocenters. The zero-order valence-electron chi connectivity index (χ0n) is 11.7. The Morgan fingerprint density at radius 2 is 2.00 bits per heavy atom. The minimum atomic E-state index is -3.39. The van der Waals surface area contributed by atoms with Crippen LogP contribution < -0.4 is 10.5 Å². The number of hydrogen-bond acceptors (Lipinski definition) is 4. The Labute approximate surface area is 120 Å². The highest BCUT2D eigenvalue weighted by Crippen LogP contribution is 2.22. The lowest BCUT2D eigenvalue weighted by atomic mass is 10.1. The molecule has 1 rings (SSSR count). The summed E-state index contributed by atoms with van der Waals surface area (Å²) in [7, 11) is -3.39. The normalized spacial score (nSPS) is 13.6. The Hall–Kier alpha value is -0.430. The third-order valence-electron chi connectivity index (χ3n) is 2.97. The molecule has 1 aromatic rings. The van der Waals surface area contributed by atoms with E-state index >= 15 is 0 Å². The molecule has 0 bridgehead atoms. The quantitative estimate of drug-likeness (QED) is 0.737. The smallest absolute Gasteiger partial charge is 0.250 e. The molecule has 1 unspecified atom stereocenters. The van der Waals surface area contributed by atoms with Gasteiger partial charge in [-0.25, -0.2) is 13.1 Å². The molecule has 0 aliphatic heterocycles. The first-order chi connectivity index (χ1) is 9.03. The first-order valence-corrected chi connectivity index (χ1v) is 9.14. The van der Waals surface area contributed by atoms with Crippen molar-refractivity contribution >= 4 is 21.4 Å². The van der Waals surface area contributed by atoms with Crippen LogP contribution in [0.5, 0.6) is 0 Å². The van der Waals surface area contributed by atoms with Crippen LogP contribution in [-0.2, 0) is 16.6 Å². The summed E-state index contributed by atoms with van der Waals surface area (Å²) in [4.78, 5) is 0.890. The Morgan fingerprint density at radius 1 is 1.26 bits per heavy atom. The van der Waals surface area contributed by atoms with Crippen LogP contribution in [0.2, 0.25) is 0 Å².